The zero-order valence-corrected chi connectivity index (χ0v) is 13.9. The molecule has 1 aliphatic rings. The topological polar surface area (TPSA) is 106 Å². The van der Waals surface area contributed by atoms with Gasteiger partial charge in [-0.3, -0.25) is 9.67 Å². The van der Waals surface area contributed by atoms with E-state index in [1.807, 2.05) is 31.0 Å². The Kier molecular flexibility index (Phi) is 5.41. The van der Waals surface area contributed by atoms with E-state index in [0.717, 1.165) is 32.0 Å². The van der Waals surface area contributed by atoms with Crippen LogP contribution in [0.1, 0.15) is 24.8 Å². The van der Waals surface area contributed by atoms with Gasteiger partial charge >= 0.3 is 0 Å². The molecule has 2 rings (SSSR count). The summed E-state index contributed by atoms with van der Waals surface area (Å²) in [7, 11) is -1.56. The number of aryl methyl sites for hydroxylation is 1. The van der Waals surface area contributed by atoms with Crippen LogP contribution in [0.4, 0.5) is 0 Å². The van der Waals surface area contributed by atoms with Crippen LogP contribution in [-0.2, 0) is 17.1 Å². The molecule has 124 valence electrons. The highest BCUT2D eigenvalue weighted by atomic mass is 32.2. The quantitative estimate of drug-likeness (QED) is 0.558. The average Bonchev–Trinajstić information content (AvgIpc) is 3.05. The first kappa shape index (κ1) is 16.8. The number of hydrogen-bond donors (Lipinski definition) is 2. The Morgan fingerprint density at radius 2 is 2.36 bits per heavy atom. The fourth-order valence-electron chi connectivity index (χ4n) is 2.58. The SMILES string of the molecule is CCNC(=NCCS(N)(=O)=O)N1CCC(c2cnn(C)c2)C1. The minimum atomic E-state index is -3.47. The average molecular weight is 328 g/mol. The number of hydrogen-bond acceptors (Lipinski definition) is 4. The maximum Gasteiger partial charge on any atom is 0.210 e. The largest absolute Gasteiger partial charge is 0.357 e. The van der Waals surface area contributed by atoms with Crippen LogP contribution in [0.25, 0.3) is 0 Å². The highest BCUT2D eigenvalue weighted by Crippen LogP contribution is 2.26. The van der Waals surface area contributed by atoms with E-state index in [1.165, 1.54) is 5.56 Å². The molecule has 1 atom stereocenters. The number of rotatable bonds is 5. The van der Waals surface area contributed by atoms with E-state index < -0.39 is 10.0 Å². The van der Waals surface area contributed by atoms with Gasteiger partial charge in [-0.2, -0.15) is 5.10 Å². The lowest BCUT2D eigenvalue weighted by molar-refractivity contribution is 0.486. The standard InChI is InChI=1S/C13H24N6O2S/c1-3-15-13(16-5-7-22(14,20)21)19-6-4-11(10-19)12-8-17-18(2)9-12/h8-9,11H,3-7,10H2,1-2H3,(H,15,16)(H2,14,20,21). The van der Waals surface area contributed by atoms with E-state index in [4.69, 9.17) is 5.14 Å². The molecule has 0 spiro atoms. The van der Waals surface area contributed by atoms with Gasteiger partial charge in [0.1, 0.15) is 0 Å². The van der Waals surface area contributed by atoms with Crippen LogP contribution in [0, 0.1) is 0 Å². The molecule has 8 nitrogen and oxygen atoms in total. The van der Waals surface area contributed by atoms with Crippen LogP contribution in [0.15, 0.2) is 17.4 Å². The maximum atomic E-state index is 11.0. The third-order valence-electron chi connectivity index (χ3n) is 3.66. The van der Waals surface area contributed by atoms with Crippen molar-refractivity contribution in [2.45, 2.75) is 19.3 Å². The van der Waals surface area contributed by atoms with E-state index in [-0.39, 0.29) is 12.3 Å². The Bertz CT molecular complexity index is 624. The van der Waals surface area contributed by atoms with Crippen molar-refractivity contribution in [3.63, 3.8) is 0 Å². The molecule has 1 unspecified atom stereocenters. The van der Waals surface area contributed by atoms with Gasteiger partial charge in [0.25, 0.3) is 0 Å². The second kappa shape index (κ2) is 7.10. The van der Waals surface area contributed by atoms with E-state index in [1.54, 1.807) is 0 Å². The van der Waals surface area contributed by atoms with Crippen molar-refractivity contribution in [2.24, 2.45) is 17.2 Å². The number of aliphatic imine (C=N–C) groups is 1. The molecular formula is C13H24N6O2S. The Morgan fingerprint density at radius 1 is 1.59 bits per heavy atom. The van der Waals surface area contributed by atoms with Gasteiger partial charge in [0.05, 0.1) is 18.5 Å². The van der Waals surface area contributed by atoms with Crippen molar-refractivity contribution in [2.75, 3.05) is 31.9 Å². The molecule has 1 fully saturated rings. The molecule has 0 saturated carbocycles. The Balaban J connectivity index is 1.99. The third-order valence-corrected chi connectivity index (χ3v) is 4.41. The number of aromatic nitrogens is 2. The summed E-state index contributed by atoms with van der Waals surface area (Å²) in [4.78, 5) is 6.52. The summed E-state index contributed by atoms with van der Waals surface area (Å²) in [6.45, 7) is 4.65. The molecule has 1 aliphatic heterocycles. The number of guanidine groups is 1. The van der Waals surface area contributed by atoms with E-state index >= 15 is 0 Å². The molecule has 1 saturated heterocycles. The van der Waals surface area contributed by atoms with Gasteiger partial charge in [-0.25, -0.2) is 13.6 Å². The zero-order chi connectivity index (χ0) is 16.2. The Morgan fingerprint density at radius 3 is 2.95 bits per heavy atom. The first-order chi connectivity index (χ1) is 10.4. The van der Waals surface area contributed by atoms with Gasteiger partial charge in [0.2, 0.25) is 10.0 Å². The fourth-order valence-corrected chi connectivity index (χ4v) is 2.93. The third kappa shape index (κ3) is 4.70. The van der Waals surface area contributed by atoms with Crippen molar-refractivity contribution in [3.8, 4) is 0 Å². The first-order valence-corrected chi connectivity index (χ1v) is 9.13. The molecule has 0 aliphatic carbocycles. The van der Waals surface area contributed by atoms with Crippen LogP contribution >= 0.6 is 0 Å². The predicted molar refractivity (Wildman–Crippen MR) is 86.1 cm³/mol. The number of primary sulfonamides is 1. The number of likely N-dealkylation sites (tertiary alicyclic amines) is 1. The Hall–Kier alpha value is -1.61. The molecule has 0 bridgehead atoms. The molecule has 9 heteroatoms. The summed E-state index contributed by atoms with van der Waals surface area (Å²) in [6.07, 6.45) is 4.98. The monoisotopic (exact) mass is 328 g/mol. The molecular weight excluding hydrogens is 304 g/mol. The van der Waals surface area contributed by atoms with Gasteiger partial charge in [-0.1, -0.05) is 0 Å². The first-order valence-electron chi connectivity index (χ1n) is 7.41. The molecule has 0 aromatic carbocycles. The van der Waals surface area contributed by atoms with Crippen molar-refractivity contribution in [1.82, 2.24) is 20.0 Å². The smallest absolute Gasteiger partial charge is 0.210 e. The van der Waals surface area contributed by atoms with Crippen LogP contribution in [-0.4, -0.2) is 61.0 Å². The fraction of sp³-hybridized carbons (Fsp3) is 0.692. The maximum absolute atomic E-state index is 11.0. The molecule has 0 amide bonds. The van der Waals surface area contributed by atoms with Crippen molar-refractivity contribution in [3.05, 3.63) is 18.0 Å². The second-order valence-corrected chi connectivity index (χ2v) is 7.22. The van der Waals surface area contributed by atoms with E-state index in [2.05, 4.69) is 20.3 Å². The summed E-state index contributed by atoms with van der Waals surface area (Å²) in [6, 6.07) is 0. The van der Waals surface area contributed by atoms with Crippen LogP contribution in [0.2, 0.25) is 0 Å². The number of sulfonamides is 1. The van der Waals surface area contributed by atoms with E-state index in [0.29, 0.717) is 5.92 Å². The van der Waals surface area contributed by atoms with Gasteiger partial charge in [-0.05, 0) is 18.9 Å². The summed E-state index contributed by atoms with van der Waals surface area (Å²) in [5, 5.41) is 12.4. The van der Waals surface area contributed by atoms with Crippen LogP contribution in [0.3, 0.4) is 0 Å². The van der Waals surface area contributed by atoms with Crippen molar-refractivity contribution < 1.29 is 8.42 Å². The molecule has 2 heterocycles. The normalized spacial score (nSPS) is 19.7. The van der Waals surface area contributed by atoms with Crippen molar-refractivity contribution in [1.29, 1.82) is 0 Å². The molecule has 22 heavy (non-hydrogen) atoms. The highest BCUT2D eigenvalue weighted by molar-refractivity contribution is 7.89. The zero-order valence-electron chi connectivity index (χ0n) is 13.1. The van der Waals surface area contributed by atoms with Crippen LogP contribution in [0.5, 0.6) is 0 Å². The summed E-state index contributed by atoms with van der Waals surface area (Å²) in [5.74, 6) is 1.04. The van der Waals surface area contributed by atoms with Crippen LogP contribution < -0.4 is 10.5 Å². The predicted octanol–water partition coefficient (Wildman–Crippen LogP) is -0.537. The lowest BCUT2D eigenvalue weighted by atomic mass is 10.0. The van der Waals surface area contributed by atoms with Gasteiger partial charge in [0, 0.05) is 38.8 Å². The number of nitrogens with one attached hydrogen (secondary N) is 1. The molecule has 3 N–H and O–H groups in total. The molecule has 1 aromatic rings. The lowest BCUT2D eigenvalue weighted by Crippen LogP contribution is -2.40. The number of nitrogens with zero attached hydrogens (tertiary/aromatic N) is 4. The summed E-state index contributed by atoms with van der Waals surface area (Å²) < 4.78 is 23.8. The van der Waals surface area contributed by atoms with Crippen molar-refractivity contribution >= 4 is 16.0 Å². The van der Waals surface area contributed by atoms with E-state index in [9.17, 15) is 8.42 Å². The highest BCUT2D eigenvalue weighted by Gasteiger charge is 2.26. The lowest BCUT2D eigenvalue weighted by Gasteiger charge is -2.21. The number of nitrogens with two attached hydrogens (primary N) is 1. The molecule has 1 aromatic heterocycles. The second-order valence-electron chi connectivity index (χ2n) is 5.48. The molecule has 0 radical (unpaired) electrons. The van der Waals surface area contributed by atoms with Gasteiger partial charge in [0.15, 0.2) is 5.96 Å². The summed E-state index contributed by atoms with van der Waals surface area (Å²) >= 11 is 0. The Labute approximate surface area is 131 Å². The van der Waals surface area contributed by atoms with Gasteiger partial charge in [-0.15, -0.1) is 0 Å². The van der Waals surface area contributed by atoms with Gasteiger partial charge < -0.3 is 10.2 Å². The minimum absolute atomic E-state index is 0.137. The minimum Gasteiger partial charge on any atom is -0.357 e. The summed E-state index contributed by atoms with van der Waals surface area (Å²) in [5.41, 5.74) is 1.23.